The summed E-state index contributed by atoms with van der Waals surface area (Å²) >= 11 is 0. The van der Waals surface area contributed by atoms with Crippen molar-refractivity contribution in [3.05, 3.63) is 65.7 Å². The molecule has 0 unspecified atom stereocenters. The summed E-state index contributed by atoms with van der Waals surface area (Å²) in [4.78, 5) is 28.4. The van der Waals surface area contributed by atoms with Crippen molar-refractivity contribution in [2.45, 2.75) is 18.6 Å². The fourth-order valence-electron chi connectivity index (χ4n) is 3.73. The third-order valence-corrected chi connectivity index (χ3v) is 5.23. The number of rotatable bonds is 5. The molecule has 140 valence electrons. The quantitative estimate of drug-likeness (QED) is 0.816. The third-order valence-electron chi connectivity index (χ3n) is 5.23. The Kier molecular flexibility index (Phi) is 4.71. The first-order valence-electron chi connectivity index (χ1n) is 9.10. The minimum atomic E-state index is -0.287. The summed E-state index contributed by atoms with van der Waals surface area (Å²) in [5.74, 6) is 0.793. The Morgan fingerprint density at radius 3 is 2.56 bits per heavy atom. The summed E-state index contributed by atoms with van der Waals surface area (Å²) in [6, 6.07) is 17.0. The summed E-state index contributed by atoms with van der Waals surface area (Å²) in [6.07, 6.45) is 0.195. The molecule has 2 atom stereocenters. The second kappa shape index (κ2) is 7.31. The number of hydrogen-bond donors (Lipinski definition) is 0. The number of nitrogens with zero attached hydrogens (tertiary/aromatic N) is 2. The molecule has 2 aliphatic rings. The van der Waals surface area contributed by atoms with Crippen LogP contribution in [0.25, 0.3) is 0 Å². The molecule has 0 N–H and O–H groups in total. The van der Waals surface area contributed by atoms with E-state index in [9.17, 15) is 9.59 Å². The second-order valence-electron chi connectivity index (χ2n) is 6.86. The summed E-state index contributed by atoms with van der Waals surface area (Å²) < 4.78 is 10.7. The van der Waals surface area contributed by atoms with Gasteiger partial charge in [-0.1, -0.05) is 30.3 Å². The van der Waals surface area contributed by atoms with Gasteiger partial charge in [0, 0.05) is 18.7 Å². The topological polar surface area (TPSA) is 59.1 Å². The molecule has 2 amide bonds. The van der Waals surface area contributed by atoms with E-state index in [1.165, 1.54) is 0 Å². The van der Waals surface area contributed by atoms with Crippen molar-refractivity contribution in [2.24, 2.45) is 0 Å². The molecule has 0 bridgehead atoms. The summed E-state index contributed by atoms with van der Waals surface area (Å²) in [5.41, 5.74) is 1.79. The molecule has 0 radical (unpaired) electrons. The van der Waals surface area contributed by atoms with Gasteiger partial charge in [0.15, 0.2) is 0 Å². The van der Waals surface area contributed by atoms with Gasteiger partial charge in [0.05, 0.1) is 19.7 Å². The number of carbonyl (C=O) groups excluding carboxylic acids is 2. The van der Waals surface area contributed by atoms with Crippen molar-refractivity contribution >= 4 is 12.0 Å². The van der Waals surface area contributed by atoms with Crippen molar-refractivity contribution < 1.29 is 19.1 Å². The molecule has 2 aliphatic heterocycles. The lowest BCUT2D eigenvalue weighted by atomic mass is 10.1. The van der Waals surface area contributed by atoms with E-state index in [1.54, 1.807) is 16.9 Å². The standard InChI is InChI=1S/C21H22N2O4/c1-26-17-9-7-15(8-10-17)11-12-23-18-13-22(14-19(18)27-21(23)25)20(24)16-5-3-2-4-6-16/h2-10,18-19H,11-14H2,1H3/t18-,19+/m1/s1. The molecule has 2 fully saturated rings. The van der Waals surface area contributed by atoms with Crippen LogP contribution < -0.4 is 4.74 Å². The number of benzene rings is 2. The zero-order valence-electron chi connectivity index (χ0n) is 15.2. The van der Waals surface area contributed by atoms with E-state index in [2.05, 4.69) is 0 Å². The Labute approximate surface area is 158 Å². The molecule has 2 aromatic rings. The fourth-order valence-corrected chi connectivity index (χ4v) is 3.73. The zero-order chi connectivity index (χ0) is 18.8. The first-order chi connectivity index (χ1) is 13.2. The lowest BCUT2D eigenvalue weighted by Crippen LogP contribution is -2.40. The van der Waals surface area contributed by atoms with E-state index in [-0.39, 0.29) is 24.1 Å². The van der Waals surface area contributed by atoms with Gasteiger partial charge in [-0.05, 0) is 36.2 Å². The Morgan fingerprint density at radius 1 is 1.11 bits per heavy atom. The van der Waals surface area contributed by atoms with E-state index >= 15 is 0 Å². The number of methoxy groups -OCH3 is 1. The minimum absolute atomic E-state index is 0.0175. The van der Waals surface area contributed by atoms with E-state index in [1.807, 2.05) is 54.6 Å². The maximum atomic E-state index is 12.7. The molecule has 0 aromatic heterocycles. The van der Waals surface area contributed by atoms with Crippen molar-refractivity contribution in [3.63, 3.8) is 0 Å². The Bertz CT molecular complexity index is 822. The van der Waals surface area contributed by atoms with Crippen LogP contribution in [-0.4, -0.2) is 60.7 Å². The van der Waals surface area contributed by atoms with E-state index < -0.39 is 0 Å². The van der Waals surface area contributed by atoms with Crippen LogP contribution in [0.4, 0.5) is 4.79 Å². The highest BCUT2D eigenvalue weighted by Gasteiger charge is 2.48. The molecule has 0 aliphatic carbocycles. The van der Waals surface area contributed by atoms with Crippen LogP contribution in [0.1, 0.15) is 15.9 Å². The smallest absolute Gasteiger partial charge is 0.410 e. The van der Waals surface area contributed by atoms with Gasteiger partial charge >= 0.3 is 6.09 Å². The van der Waals surface area contributed by atoms with Crippen LogP contribution >= 0.6 is 0 Å². The molecule has 2 saturated heterocycles. The van der Waals surface area contributed by atoms with E-state index in [4.69, 9.17) is 9.47 Å². The number of ether oxygens (including phenoxy) is 2. The van der Waals surface area contributed by atoms with Crippen molar-refractivity contribution in [3.8, 4) is 5.75 Å². The van der Waals surface area contributed by atoms with Crippen LogP contribution in [0.15, 0.2) is 54.6 Å². The largest absolute Gasteiger partial charge is 0.497 e. The molecule has 2 aromatic carbocycles. The Hall–Kier alpha value is -3.02. The number of fused-ring (bicyclic) bond motifs is 1. The summed E-state index contributed by atoms with van der Waals surface area (Å²) in [6.45, 7) is 1.52. The van der Waals surface area contributed by atoms with Gasteiger partial charge in [0.1, 0.15) is 11.9 Å². The predicted molar refractivity (Wildman–Crippen MR) is 99.8 cm³/mol. The van der Waals surface area contributed by atoms with Crippen LogP contribution in [0.5, 0.6) is 5.75 Å². The van der Waals surface area contributed by atoms with Crippen molar-refractivity contribution in [2.75, 3.05) is 26.7 Å². The number of hydrogen-bond acceptors (Lipinski definition) is 4. The molecule has 0 spiro atoms. The molecular weight excluding hydrogens is 344 g/mol. The van der Waals surface area contributed by atoms with Crippen LogP contribution in [0.3, 0.4) is 0 Å². The normalized spacial score (nSPS) is 21.1. The predicted octanol–water partition coefficient (Wildman–Crippen LogP) is 2.58. The lowest BCUT2D eigenvalue weighted by Gasteiger charge is -2.22. The van der Waals surface area contributed by atoms with Gasteiger partial charge in [-0.3, -0.25) is 9.69 Å². The first kappa shape index (κ1) is 17.4. The highest BCUT2D eigenvalue weighted by atomic mass is 16.6. The van der Waals surface area contributed by atoms with Crippen LogP contribution in [0, 0.1) is 0 Å². The van der Waals surface area contributed by atoms with Crippen molar-refractivity contribution in [1.29, 1.82) is 0 Å². The second-order valence-corrected chi connectivity index (χ2v) is 6.86. The average Bonchev–Trinajstić information content (AvgIpc) is 3.24. The van der Waals surface area contributed by atoms with E-state index in [0.29, 0.717) is 25.2 Å². The SMILES string of the molecule is COc1ccc(CCN2C(=O)O[C@H]3CN(C(=O)c4ccccc4)C[C@H]32)cc1. The molecule has 27 heavy (non-hydrogen) atoms. The lowest BCUT2D eigenvalue weighted by molar-refractivity contribution is 0.0728. The number of amides is 2. The Balaban J connectivity index is 1.39. The van der Waals surface area contributed by atoms with Gasteiger partial charge in [-0.25, -0.2) is 4.79 Å². The molecular formula is C21H22N2O4. The van der Waals surface area contributed by atoms with Gasteiger partial charge in [-0.2, -0.15) is 0 Å². The van der Waals surface area contributed by atoms with Gasteiger partial charge < -0.3 is 14.4 Å². The fraction of sp³-hybridized carbons (Fsp3) is 0.333. The van der Waals surface area contributed by atoms with Crippen LogP contribution in [-0.2, 0) is 11.2 Å². The molecule has 6 nitrogen and oxygen atoms in total. The van der Waals surface area contributed by atoms with Gasteiger partial charge in [0.25, 0.3) is 5.91 Å². The molecule has 0 saturated carbocycles. The summed E-state index contributed by atoms with van der Waals surface area (Å²) in [5, 5.41) is 0. The highest BCUT2D eigenvalue weighted by molar-refractivity contribution is 5.94. The van der Waals surface area contributed by atoms with Crippen molar-refractivity contribution in [1.82, 2.24) is 9.80 Å². The average molecular weight is 366 g/mol. The van der Waals surface area contributed by atoms with E-state index in [0.717, 1.165) is 17.7 Å². The maximum Gasteiger partial charge on any atom is 0.410 e. The molecule has 6 heteroatoms. The summed E-state index contributed by atoms with van der Waals surface area (Å²) in [7, 11) is 1.64. The van der Waals surface area contributed by atoms with Gasteiger partial charge in [-0.15, -0.1) is 0 Å². The van der Waals surface area contributed by atoms with Crippen LogP contribution in [0.2, 0.25) is 0 Å². The Morgan fingerprint density at radius 2 is 1.85 bits per heavy atom. The molecule has 2 heterocycles. The molecule has 4 rings (SSSR count). The number of carbonyl (C=O) groups is 2. The zero-order valence-corrected chi connectivity index (χ0v) is 15.2. The minimum Gasteiger partial charge on any atom is -0.497 e. The first-order valence-corrected chi connectivity index (χ1v) is 9.10. The highest BCUT2D eigenvalue weighted by Crippen LogP contribution is 2.28. The monoisotopic (exact) mass is 366 g/mol. The maximum absolute atomic E-state index is 12.7. The third kappa shape index (κ3) is 3.47. The van der Waals surface area contributed by atoms with Gasteiger partial charge in [0.2, 0.25) is 0 Å². The number of likely N-dealkylation sites (tertiary alicyclic amines) is 1.